The summed E-state index contributed by atoms with van der Waals surface area (Å²) in [6.07, 6.45) is -1.25. The molecule has 0 aliphatic rings. The highest BCUT2D eigenvalue weighted by Crippen LogP contribution is 2.23. The Hall–Kier alpha value is -1.82. The summed E-state index contributed by atoms with van der Waals surface area (Å²) in [7, 11) is 1.32. The van der Waals surface area contributed by atoms with Crippen LogP contribution in [0.15, 0.2) is 18.2 Å². The first kappa shape index (κ1) is 12.3. The summed E-state index contributed by atoms with van der Waals surface area (Å²) in [5, 5.41) is 17.5. The molecule has 0 unspecified atom stereocenters. The Balaban J connectivity index is 3.01. The number of amides is 1. The minimum Gasteiger partial charge on any atom is -0.494 e. The highest BCUT2D eigenvalue weighted by atomic mass is 19.1. The smallest absolute Gasteiger partial charge is 0.411 e. The molecule has 1 amide bonds. The number of carbonyl (C=O) groups is 1. The van der Waals surface area contributed by atoms with Gasteiger partial charge in [0.25, 0.3) is 0 Å². The molecular weight excluding hydrogens is 217 g/mol. The number of halogens is 1. The number of aliphatic hydroxyl groups is 1. The number of methoxy groups -OCH3 is 1. The molecule has 16 heavy (non-hydrogen) atoms. The average molecular weight is 229 g/mol. The van der Waals surface area contributed by atoms with Crippen LogP contribution in [0.5, 0.6) is 5.75 Å². The Kier molecular flexibility index (Phi) is 4.07. The molecule has 0 heterocycles. The van der Waals surface area contributed by atoms with Crippen LogP contribution in [0, 0.1) is 5.82 Å². The number of rotatable bonds is 4. The standard InChI is InChI=1S/C10H12FNO4/c1-16-9-3-2-7(6-8(9)11)12(4-5-13)10(14)15/h2-3,6,13H,4-5H2,1H3,(H,14,15). The molecule has 88 valence electrons. The van der Waals surface area contributed by atoms with E-state index in [0.717, 1.165) is 11.0 Å². The van der Waals surface area contributed by atoms with Gasteiger partial charge >= 0.3 is 6.09 Å². The molecule has 0 aliphatic carbocycles. The summed E-state index contributed by atoms with van der Waals surface area (Å²) >= 11 is 0. The fraction of sp³-hybridized carbons (Fsp3) is 0.300. The van der Waals surface area contributed by atoms with Crippen LogP contribution in [-0.4, -0.2) is 36.6 Å². The largest absolute Gasteiger partial charge is 0.494 e. The van der Waals surface area contributed by atoms with E-state index in [9.17, 15) is 9.18 Å². The molecule has 1 rings (SSSR count). The molecule has 1 aromatic rings. The molecule has 0 bridgehead atoms. The lowest BCUT2D eigenvalue weighted by molar-refractivity contribution is 0.198. The minimum absolute atomic E-state index is 0.0399. The number of carboxylic acid groups (broad SMARTS) is 1. The Bertz CT molecular complexity index is 383. The summed E-state index contributed by atoms with van der Waals surface area (Å²) in [6.45, 7) is -0.443. The first-order chi connectivity index (χ1) is 7.60. The molecular formula is C10H12FNO4. The second-order valence-electron chi connectivity index (χ2n) is 2.98. The molecule has 0 aliphatic heterocycles. The van der Waals surface area contributed by atoms with Crippen LogP contribution in [0.2, 0.25) is 0 Å². The average Bonchev–Trinajstić information content (AvgIpc) is 2.25. The van der Waals surface area contributed by atoms with E-state index in [4.69, 9.17) is 14.9 Å². The Morgan fingerprint density at radius 2 is 2.25 bits per heavy atom. The van der Waals surface area contributed by atoms with Crippen LogP contribution < -0.4 is 9.64 Å². The van der Waals surface area contributed by atoms with Gasteiger partial charge in [0, 0.05) is 6.07 Å². The molecule has 0 saturated carbocycles. The highest BCUT2D eigenvalue weighted by Gasteiger charge is 2.15. The number of aliphatic hydroxyl groups excluding tert-OH is 1. The van der Waals surface area contributed by atoms with Gasteiger partial charge in [-0.05, 0) is 12.1 Å². The fourth-order valence-corrected chi connectivity index (χ4v) is 1.26. The lowest BCUT2D eigenvalue weighted by atomic mass is 10.2. The highest BCUT2D eigenvalue weighted by molar-refractivity contribution is 5.86. The molecule has 0 atom stereocenters. The van der Waals surface area contributed by atoms with E-state index in [1.807, 2.05) is 0 Å². The molecule has 0 fully saturated rings. The lowest BCUT2D eigenvalue weighted by Crippen LogP contribution is -2.32. The second-order valence-corrected chi connectivity index (χ2v) is 2.98. The van der Waals surface area contributed by atoms with Crippen molar-refractivity contribution in [2.24, 2.45) is 0 Å². The van der Waals surface area contributed by atoms with Crippen molar-refractivity contribution in [3.05, 3.63) is 24.0 Å². The van der Waals surface area contributed by atoms with Crippen LogP contribution >= 0.6 is 0 Å². The van der Waals surface area contributed by atoms with Gasteiger partial charge in [-0.2, -0.15) is 0 Å². The topological polar surface area (TPSA) is 70.0 Å². The summed E-state index contributed by atoms with van der Waals surface area (Å²) in [5.74, 6) is -0.609. The second kappa shape index (κ2) is 5.32. The predicted octanol–water partition coefficient (Wildman–Crippen LogP) is 1.31. The van der Waals surface area contributed by atoms with E-state index in [1.54, 1.807) is 0 Å². The number of hydrogen-bond acceptors (Lipinski definition) is 3. The van der Waals surface area contributed by atoms with E-state index in [-0.39, 0.29) is 24.6 Å². The quantitative estimate of drug-likeness (QED) is 0.816. The van der Waals surface area contributed by atoms with Gasteiger partial charge in [-0.1, -0.05) is 0 Å². The third-order valence-corrected chi connectivity index (χ3v) is 2.00. The number of hydrogen-bond donors (Lipinski definition) is 2. The van der Waals surface area contributed by atoms with E-state index in [2.05, 4.69) is 0 Å². The summed E-state index contributed by atoms with van der Waals surface area (Å²) < 4.78 is 18.0. The first-order valence-corrected chi connectivity index (χ1v) is 4.55. The van der Waals surface area contributed by atoms with Gasteiger partial charge in [0.15, 0.2) is 11.6 Å². The van der Waals surface area contributed by atoms with Crippen molar-refractivity contribution in [1.82, 2.24) is 0 Å². The van der Waals surface area contributed by atoms with Gasteiger partial charge < -0.3 is 14.9 Å². The van der Waals surface area contributed by atoms with Gasteiger partial charge in [-0.25, -0.2) is 9.18 Å². The van der Waals surface area contributed by atoms with Gasteiger partial charge in [-0.15, -0.1) is 0 Å². The number of benzene rings is 1. The van der Waals surface area contributed by atoms with Crippen molar-refractivity contribution in [3.63, 3.8) is 0 Å². The van der Waals surface area contributed by atoms with Gasteiger partial charge in [0.1, 0.15) is 0 Å². The molecule has 0 spiro atoms. The third kappa shape index (κ3) is 2.60. The van der Waals surface area contributed by atoms with E-state index in [0.29, 0.717) is 0 Å². The van der Waals surface area contributed by atoms with Crippen molar-refractivity contribution < 1.29 is 24.1 Å². The monoisotopic (exact) mass is 229 g/mol. The maximum Gasteiger partial charge on any atom is 0.411 e. The van der Waals surface area contributed by atoms with Crippen molar-refractivity contribution in [1.29, 1.82) is 0 Å². The number of ether oxygens (including phenoxy) is 1. The third-order valence-electron chi connectivity index (χ3n) is 2.00. The Labute approximate surface area is 91.7 Å². The molecule has 0 radical (unpaired) electrons. The summed E-state index contributed by atoms with van der Waals surface area (Å²) in [5.41, 5.74) is 0.153. The van der Waals surface area contributed by atoms with Gasteiger partial charge in [0.2, 0.25) is 0 Å². The summed E-state index contributed by atoms with van der Waals surface area (Å²) in [6, 6.07) is 3.78. The van der Waals surface area contributed by atoms with E-state index in [1.165, 1.54) is 19.2 Å². The summed E-state index contributed by atoms with van der Waals surface area (Å²) in [4.78, 5) is 11.7. The maximum atomic E-state index is 13.3. The molecule has 2 N–H and O–H groups in total. The predicted molar refractivity (Wildman–Crippen MR) is 55.4 cm³/mol. The molecule has 6 heteroatoms. The zero-order chi connectivity index (χ0) is 12.1. The lowest BCUT2D eigenvalue weighted by Gasteiger charge is -2.18. The van der Waals surface area contributed by atoms with Crippen LogP contribution in [0.25, 0.3) is 0 Å². The number of nitrogens with zero attached hydrogens (tertiary/aromatic N) is 1. The van der Waals surface area contributed by atoms with E-state index >= 15 is 0 Å². The van der Waals surface area contributed by atoms with Crippen molar-refractivity contribution in [2.75, 3.05) is 25.2 Å². The zero-order valence-corrected chi connectivity index (χ0v) is 8.68. The Morgan fingerprint density at radius 3 is 2.69 bits per heavy atom. The molecule has 0 saturated heterocycles. The van der Waals surface area contributed by atoms with Crippen molar-refractivity contribution in [3.8, 4) is 5.75 Å². The zero-order valence-electron chi connectivity index (χ0n) is 8.68. The van der Waals surface area contributed by atoms with Crippen LogP contribution in [0.3, 0.4) is 0 Å². The van der Waals surface area contributed by atoms with Gasteiger partial charge in [0.05, 0.1) is 25.9 Å². The number of anilines is 1. The normalized spacial score (nSPS) is 9.94. The van der Waals surface area contributed by atoms with Crippen LogP contribution in [0.4, 0.5) is 14.9 Å². The molecule has 5 nitrogen and oxygen atoms in total. The van der Waals surface area contributed by atoms with Crippen LogP contribution in [-0.2, 0) is 0 Å². The van der Waals surface area contributed by atoms with Crippen molar-refractivity contribution >= 4 is 11.8 Å². The molecule has 0 aromatic heterocycles. The Morgan fingerprint density at radius 1 is 1.56 bits per heavy atom. The SMILES string of the molecule is COc1ccc(N(CCO)C(=O)O)cc1F. The molecule has 1 aromatic carbocycles. The van der Waals surface area contributed by atoms with Crippen molar-refractivity contribution in [2.45, 2.75) is 0 Å². The first-order valence-electron chi connectivity index (χ1n) is 4.55. The maximum absolute atomic E-state index is 13.3. The van der Waals surface area contributed by atoms with Crippen LogP contribution in [0.1, 0.15) is 0 Å². The van der Waals surface area contributed by atoms with Gasteiger partial charge in [-0.3, -0.25) is 4.90 Å². The van der Waals surface area contributed by atoms with E-state index < -0.39 is 11.9 Å². The minimum atomic E-state index is -1.25. The fourth-order valence-electron chi connectivity index (χ4n) is 1.26.